The van der Waals surface area contributed by atoms with Crippen LogP contribution in [0.5, 0.6) is 5.75 Å². The molecule has 4 aromatic carbocycles. The molecule has 1 aliphatic heterocycles. The van der Waals surface area contributed by atoms with Crippen LogP contribution in [0.3, 0.4) is 0 Å². The van der Waals surface area contributed by atoms with E-state index in [0.717, 1.165) is 11.5 Å². The number of rotatable bonds is 4. The lowest BCUT2D eigenvalue weighted by molar-refractivity contribution is 0.413. The van der Waals surface area contributed by atoms with Crippen molar-refractivity contribution in [3.05, 3.63) is 136 Å². The highest BCUT2D eigenvalue weighted by molar-refractivity contribution is 6.15. The molecule has 158 valence electrons. The predicted octanol–water partition coefficient (Wildman–Crippen LogP) is 7.04. The Hall–Kier alpha value is -3.65. The van der Waals surface area contributed by atoms with Crippen LogP contribution in [0, 0.1) is 13.8 Å². The first-order valence-corrected chi connectivity index (χ1v) is 11.1. The number of hydrogen-bond donors (Lipinski definition) is 0. The molecule has 4 aromatic rings. The third kappa shape index (κ3) is 3.73. The highest BCUT2D eigenvalue weighted by Crippen LogP contribution is 2.46. The van der Waals surface area contributed by atoms with Crippen molar-refractivity contribution in [2.45, 2.75) is 25.8 Å². The maximum atomic E-state index is 5.64. The number of aryl methyl sites for hydroxylation is 2. The van der Waals surface area contributed by atoms with Crippen LogP contribution in [0.4, 0.5) is 0 Å². The van der Waals surface area contributed by atoms with Crippen LogP contribution < -0.4 is 4.74 Å². The van der Waals surface area contributed by atoms with Crippen LogP contribution in [0.1, 0.15) is 50.9 Å². The van der Waals surface area contributed by atoms with Crippen LogP contribution in [0.15, 0.2) is 102 Å². The Bertz CT molecular complexity index is 1250. The fourth-order valence-corrected chi connectivity index (χ4v) is 4.87. The molecule has 32 heavy (non-hydrogen) atoms. The smallest absolute Gasteiger partial charge is 0.119 e. The molecule has 1 heterocycles. The summed E-state index contributed by atoms with van der Waals surface area (Å²) in [7, 11) is 1.73. The van der Waals surface area contributed by atoms with E-state index in [4.69, 9.17) is 9.73 Å². The van der Waals surface area contributed by atoms with Crippen LogP contribution in [-0.4, -0.2) is 12.8 Å². The first kappa shape index (κ1) is 20.3. The molecular formula is C30H27NO. The first-order chi connectivity index (χ1) is 15.6. The first-order valence-electron chi connectivity index (χ1n) is 11.1. The van der Waals surface area contributed by atoms with Gasteiger partial charge in [-0.3, -0.25) is 4.99 Å². The maximum absolute atomic E-state index is 5.64. The molecule has 2 nitrogen and oxygen atoms in total. The quantitative estimate of drug-likeness (QED) is 0.349. The maximum Gasteiger partial charge on any atom is 0.119 e. The van der Waals surface area contributed by atoms with Gasteiger partial charge in [0.25, 0.3) is 0 Å². The largest absolute Gasteiger partial charge is 0.497 e. The molecule has 0 saturated carbocycles. The van der Waals surface area contributed by atoms with Crippen molar-refractivity contribution < 1.29 is 4.74 Å². The van der Waals surface area contributed by atoms with E-state index in [-0.39, 0.29) is 12.0 Å². The van der Waals surface area contributed by atoms with Gasteiger partial charge < -0.3 is 4.74 Å². The summed E-state index contributed by atoms with van der Waals surface area (Å²) in [6, 6.07) is 34.4. The normalized spacial score (nSPS) is 17.4. The topological polar surface area (TPSA) is 21.6 Å². The van der Waals surface area contributed by atoms with Crippen molar-refractivity contribution in [2.75, 3.05) is 7.11 Å². The monoisotopic (exact) mass is 417 g/mol. The fraction of sp³-hybridized carbons (Fsp3) is 0.167. The van der Waals surface area contributed by atoms with Crippen molar-refractivity contribution >= 4 is 5.71 Å². The summed E-state index contributed by atoms with van der Waals surface area (Å²) in [4.78, 5) is 5.43. The molecular weight excluding hydrogens is 390 g/mol. The Morgan fingerprint density at radius 1 is 0.688 bits per heavy atom. The molecule has 0 fully saturated rings. The second-order valence-electron chi connectivity index (χ2n) is 8.55. The Morgan fingerprint density at radius 2 is 1.31 bits per heavy atom. The van der Waals surface area contributed by atoms with Gasteiger partial charge in [-0.2, -0.15) is 0 Å². The van der Waals surface area contributed by atoms with Gasteiger partial charge >= 0.3 is 0 Å². The summed E-state index contributed by atoms with van der Waals surface area (Å²) < 4.78 is 5.64. The summed E-state index contributed by atoms with van der Waals surface area (Å²) in [6.07, 6.45) is 0. The number of benzene rings is 4. The molecule has 0 bridgehead atoms. The molecule has 2 unspecified atom stereocenters. The summed E-state index contributed by atoms with van der Waals surface area (Å²) in [6.45, 7) is 4.30. The second-order valence-corrected chi connectivity index (χ2v) is 8.55. The van der Waals surface area contributed by atoms with Crippen molar-refractivity contribution in [2.24, 2.45) is 4.99 Å². The number of aliphatic imine (C=N–C) groups is 1. The lowest BCUT2D eigenvalue weighted by Gasteiger charge is -2.33. The van der Waals surface area contributed by atoms with E-state index in [0.29, 0.717) is 0 Å². The van der Waals surface area contributed by atoms with Crippen LogP contribution >= 0.6 is 0 Å². The van der Waals surface area contributed by atoms with Gasteiger partial charge in [0.2, 0.25) is 0 Å². The Morgan fingerprint density at radius 3 is 1.94 bits per heavy atom. The summed E-state index contributed by atoms with van der Waals surface area (Å²) in [5.41, 5.74) is 9.64. The highest BCUT2D eigenvalue weighted by atomic mass is 16.5. The van der Waals surface area contributed by atoms with E-state index >= 15 is 0 Å². The number of ether oxygens (including phenoxy) is 1. The molecule has 0 saturated heterocycles. The van der Waals surface area contributed by atoms with E-state index in [1.807, 2.05) is 6.07 Å². The summed E-state index contributed by atoms with van der Waals surface area (Å²) in [5, 5.41) is 0. The molecule has 0 amide bonds. The van der Waals surface area contributed by atoms with Crippen LogP contribution in [0.2, 0.25) is 0 Å². The van der Waals surface area contributed by atoms with Gasteiger partial charge in [-0.1, -0.05) is 77.9 Å². The van der Waals surface area contributed by atoms with Gasteiger partial charge in [0.15, 0.2) is 0 Å². The van der Waals surface area contributed by atoms with Crippen molar-refractivity contribution in [3.8, 4) is 5.75 Å². The number of hydrogen-bond acceptors (Lipinski definition) is 2. The molecule has 0 aliphatic carbocycles. The van der Waals surface area contributed by atoms with Gasteiger partial charge in [0.05, 0.1) is 18.9 Å². The van der Waals surface area contributed by atoms with E-state index in [9.17, 15) is 0 Å². The highest BCUT2D eigenvalue weighted by Gasteiger charge is 2.34. The van der Waals surface area contributed by atoms with Crippen molar-refractivity contribution in [1.82, 2.24) is 0 Å². The molecule has 0 aromatic heterocycles. The fourth-order valence-electron chi connectivity index (χ4n) is 4.87. The lowest BCUT2D eigenvalue weighted by Crippen LogP contribution is -2.23. The summed E-state index contributed by atoms with van der Waals surface area (Å²) in [5.74, 6) is 0.983. The van der Waals surface area contributed by atoms with Gasteiger partial charge in [0.1, 0.15) is 5.75 Å². The lowest BCUT2D eigenvalue weighted by atomic mass is 9.76. The molecule has 2 atom stereocenters. The average Bonchev–Trinajstić information content (AvgIpc) is 2.83. The molecule has 1 aliphatic rings. The molecule has 5 rings (SSSR count). The van der Waals surface area contributed by atoms with Gasteiger partial charge in [-0.15, -0.1) is 0 Å². The zero-order valence-electron chi connectivity index (χ0n) is 18.7. The van der Waals surface area contributed by atoms with E-state index in [1.165, 1.54) is 38.9 Å². The second kappa shape index (κ2) is 8.47. The summed E-state index contributed by atoms with van der Waals surface area (Å²) >= 11 is 0. The Balaban J connectivity index is 1.80. The molecule has 0 spiro atoms. The van der Waals surface area contributed by atoms with Gasteiger partial charge in [-0.25, -0.2) is 0 Å². The minimum atomic E-state index is -0.0194. The van der Waals surface area contributed by atoms with E-state index in [2.05, 4.69) is 105 Å². The van der Waals surface area contributed by atoms with Crippen LogP contribution in [-0.2, 0) is 0 Å². The Labute approximate surface area is 190 Å². The molecule has 0 N–H and O–H groups in total. The zero-order chi connectivity index (χ0) is 22.1. The minimum Gasteiger partial charge on any atom is -0.497 e. The minimum absolute atomic E-state index is 0.0194. The third-order valence-corrected chi connectivity index (χ3v) is 6.23. The van der Waals surface area contributed by atoms with Crippen molar-refractivity contribution in [3.63, 3.8) is 0 Å². The van der Waals surface area contributed by atoms with Gasteiger partial charge in [-0.05, 0) is 60.9 Å². The number of nitrogens with zero attached hydrogens (tertiary/aromatic N) is 1. The molecule has 0 radical (unpaired) electrons. The molecule has 2 heteroatoms. The third-order valence-electron chi connectivity index (χ3n) is 6.23. The predicted molar refractivity (Wildman–Crippen MR) is 132 cm³/mol. The Kier molecular flexibility index (Phi) is 5.36. The standard InChI is InChI=1S/C30H27NO/c1-20-16-21(2)18-24(17-20)29-26-15-14-25(32-3)19-27(26)28(22-10-6-4-7-11-22)30(31-29)23-12-8-5-9-13-23/h4-19,28,30H,1-3H3. The van der Waals surface area contributed by atoms with E-state index < -0.39 is 0 Å². The van der Waals surface area contributed by atoms with Crippen LogP contribution in [0.25, 0.3) is 0 Å². The average molecular weight is 418 g/mol. The SMILES string of the molecule is COc1ccc2c(c1)C(c1ccccc1)C(c1ccccc1)N=C2c1cc(C)cc(C)c1. The number of fused-ring (bicyclic) bond motifs is 1. The van der Waals surface area contributed by atoms with Gasteiger partial charge in [0, 0.05) is 17.0 Å². The zero-order valence-corrected chi connectivity index (χ0v) is 18.7. The van der Waals surface area contributed by atoms with E-state index in [1.54, 1.807) is 7.11 Å². The number of methoxy groups -OCH3 is 1. The van der Waals surface area contributed by atoms with Crippen molar-refractivity contribution in [1.29, 1.82) is 0 Å².